The smallest absolute Gasteiger partial charge is 0.346 e. The van der Waals surface area contributed by atoms with Gasteiger partial charge >= 0.3 is 5.97 Å². The molecule has 0 spiro atoms. The molecule has 1 amide bonds. The van der Waals surface area contributed by atoms with E-state index in [1.54, 1.807) is 18.2 Å². The molecule has 1 atom stereocenters. The number of benzene rings is 2. The van der Waals surface area contributed by atoms with Crippen molar-refractivity contribution in [2.24, 2.45) is 0 Å². The first-order valence-corrected chi connectivity index (χ1v) is 8.83. The quantitative estimate of drug-likeness (QED) is 0.683. The molecule has 1 N–H and O–H groups in total. The summed E-state index contributed by atoms with van der Waals surface area (Å²) in [5.41, 5.74) is 1.17. The molecule has 0 aromatic heterocycles. The van der Waals surface area contributed by atoms with Gasteiger partial charge in [0.05, 0.1) is 20.3 Å². The lowest BCUT2D eigenvalue weighted by atomic mass is 10.0. The maximum Gasteiger partial charge on any atom is 0.346 e. The molecule has 0 aliphatic rings. The van der Waals surface area contributed by atoms with E-state index in [2.05, 4.69) is 12.2 Å². The van der Waals surface area contributed by atoms with Crippen LogP contribution in [0.25, 0.3) is 0 Å². The fraction of sp³-hybridized carbons (Fsp3) is 0.333. The van der Waals surface area contributed by atoms with Crippen LogP contribution < -0.4 is 14.8 Å². The van der Waals surface area contributed by atoms with Crippen molar-refractivity contribution in [1.82, 2.24) is 5.32 Å². The second kappa shape index (κ2) is 10.2. The van der Waals surface area contributed by atoms with Gasteiger partial charge in [-0.1, -0.05) is 49.7 Å². The van der Waals surface area contributed by atoms with E-state index >= 15 is 0 Å². The van der Waals surface area contributed by atoms with Crippen molar-refractivity contribution in [2.75, 3.05) is 20.8 Å². The maximum absolute atomic E-state index is 12.4. The van der Waals surface area contributed by atoms with Crippen LogP contribution in [0.5, 0.6) is 11.5 Å². The minimum absolute atomic E-state index is 0.122. The molecule has 2 rings (SSSR count). The van der Waals surface area contributed by atoms with Crippen LogP contribution in [0.15, 0.2) is 48.5 Å². The van der Waals surface area contributed by atoms with Crippen molar-refractivity contribution < 1.29 is 23.8 Å². The van der Waals surface area contributed by atoms with Gasteiger partial charge in [0.25, 0.3) is 5.91 Å². The number of nitrogens with one attached hydrogen (secondary N) is 1. The second-order valence-electron chi connectivity index (χ2n) is 5.93. The molecular weight excluding hydrogens is 346 g/mol. The summed E-state index contributed by atoms with van der Waals surface area (Å²) in [5, 5.41) is 2.92. The van der Waals surface area contributed by atoms with Gasteiger partial charge in [-0.05, 0) is 24.1 Å². The number of hydrogen-bond acceptors (Lipinski definition) is 5. The van der Waals surface area contributed by atoms with Crippen LogP contribution in [0.1, 0.15) is 41.7 Å². The molecule has 0 radical (unpaired) electrons. The number of rotatable bonds is 9. The number of amides is 1. The Labute approximate surface area is 159 Å². The summed E-state index contributed by atoms with van der Waals surface area (Å²) in [7, 11) is 2.90. The van der Waals surface area contributed by atoms with Gasteiger partial charge < -0.3 is 19.5 Å². The zero-order valence-corrected chi connectivity index (χ0v) is 15.9. The van der Waals surface area contributed by atoms with E-state index in [1.165, 1.54) is 14.2 Å². The highest BCUT2D eigenvalue weighted by Gasteiger charge is 2.21. The Hall–Kier alpha value is -3.02. The largest absolute Gasteiger partial charge is 0.496 e. The normalized spacial score (nSPS) is 11.4. The summed E-state index contributed by atoms with van der Waals surface area (Å²) in [6.07, 6.45) is 1.71. The number of esters is 1. The van der Waals surface area contributed by atoms with Gasteiger partial charge in [-0.15, -0.1) is 0 Å². The molecule has 27 heavy (non-hydrogen) atoms. The zero-order valence-electron chi connectivity index (χ0n) is 15.9. The number of carbonyl (C=O) groups is 2. The maximum atomic E-state index is 12.4. The fourth-order valence-electron chi connectivity index (χ4n) is 2.79. The molecule has 2 aromatic carbocycles. The van der Waals surface area contributed by atoms with E-state index in [0.717, 1.165) is 18.4 Å². The Balaban J connectivity index is 2.01. The standard InChI is InChI=1S/C21H25NO5/c1-4-9-16(15-10-6-5-7-11-15)22-19(23)14-27-21(24)20-17(25-2)12-8-13-18(20)26-3/h5-8,10-13,16H,4,9,14H2,1-3H3,(H,22,23)/t16-/m0/s1. The molecule has 0 fully saturated rings. The van der Waals surface area contributed by atoms with Crippen molar-refractivity contribution in [1.29, 1.82) is 0 Å². The van der Waals surface area contributed by atoms with Crippen LogP contribution in [-0.2, 0) is 9.53 Å². The molecule has 6 nitrogen and oxygen atoms in total. The SMILES string of the molecule is CCC[C@H](NC(=O)COC(=O)c1c(OC)cccc1OC)c1ccccc1. The summed E-state index contributed by atoms with van der Waals surface area (Å²) in [6, 6.07) is 14.6. The summed E-state index contributed by atoms with van der Waals surface area (Å²) < 4.78 is 15.6. The Bertz CT molecular complexity index is 738. The fourth-order valence-corrected chi connectivity index (χ4v) is 2.79. The van der Waals surface area contributed by atoms with Gasteiger partial charge in [-0.25, -0.2) is 4.79 Å². The minimum Gasteiger partial charge on any atom is -0.496 e. The van der Waals surface area contributed by atoms with Crippen LogP contribution in [0.3, 0.4) is 0 Å². The molecule has 0 unspecified atom stereocenters. The van der Waals surface area contributed by atoms with E-state index in [-0.39, 0.29) is 24.1 Å². The third kappa shape index (κ3) is 5.48. The zero-order chi connectivity index (χ0) is 19.6. The third-order valence-corrected chi connectivity index (χ3v) is 4.08. The molecule has 6 heteroatoms. The minimum atomic E-state index is -0.675. The molecule has 0 saturated carbocycles. The Morgan fingerprint density at radius 1 is 0.963 bits per heavy atom. The first kappa shape index (κ1) is 20.3. The van der Waals surface area contributed by atoms with Crippen LogP contribution in [0.4, 0.5) is 0 Å². The van der Waals surface area contributed by atoms with Gasteiger partial charge in [0, 0.05) is 0 Å². The summed E-state index contributed by atoms with van der Waals surface area (Å²) in [5.74, 6) is -0.383. The number of methoxy groups -OCH3 is 2. The molecule has 144 valence electrons. The highest BCUT2D eigenvalue weighted by Crippen LogP contribution is 2.28. The molecule has 0 saturated heterocycles. The predicted octanol–water partition coefficient (Wildman–Crippen LogP) is 3.52. The molecule has 0 aliphatic heterocycles. The van der Waals surface area contributed by atoms with Gasteiger partial charge in [0.2, 0.25) is 0 Å². The number of carbonyl (C=O) groups excluding carboxylic acids is 2. The Morgan fingerprint density at radius 3 is 2.15 bits per heavy atom. The highest BCUT2D eigenvalue weighted by atomic mass is 16.5. The lowest BCUT2D eigenvalue weighted by Crippen LogP contribution is -2.32. The van der Waals surface area contributed by atoms with Gasteiger partial charge in [0.15, 0.2) is 6.61 Å². The van der Waals surface area contributed by atoms with Crippen molar-refractivity contribution >= 4 is 11.9 Å². The van der Waals surface area contributed by atoms with Crippen molar-refractivity contribution in [3.63, 3.8) is 0 Å². The van der Waals surface area contributed by atoms with Crippen LogP contribution >= 0.6 is 0 Å². The van der Waals surface area contributed by atoms with Crippen LogP contribution in [0, 0.1) is 0 Å². The summed E-state index contributed by atoms with van der Waals surface area (Å²) in [4.78, 5) is 24.7. The topological polar surface area (TPSA) is 73.9 Å². The monoisotopic (exact) mass is 371 g/mol. The molecule has 0 heterocycles. The van der Waals surface area contributed by atoms with Crippen LogP contribution in [0.2, 0.25) is 0 Å². The number of ether oxygens (including phenoxy) is 3. The highest BCUT2D eigenvalue weighted by molar-refractivity contribution is 5.96. The van der Waals surface area contributed by atoms with Crippen molar-refractivity contribution in [2.45, 2.75) is 25.8 Å². The third-order valence-electron chi connectivity index (χ3n) is 4.08. The Morgan fingerprint density at radius 2 is 1.59 bits per heavy atom. The Kier molecular flexibility index (Phi) is 7.67. The first-order chi connectivity index (χ1) is 13.1. The van der Waals surface area contributed by atoms with E-state index in [1.807, 2.05) is 30.3 Å². The van der Waals surface area contributed by atoms with E-state index in [0.29, 0.717) is 11.5 Å². The summed E-state index contributed by atoms with van der Waals surface area (Å²) in [6.45, 7) is 1.67. The van der Waals surface area contributed by atoms with Gasteiger partial charge in [-0.3, -0.25) is 4.79 Å². The summed E-state index contributed by atoms with van der Waals surface area (Å²) >= 11 is 0. The van der Waals surface area contributed by atoms with E-state index in [4.69, 9.17) is 14.2 Å². The first-order valence-electron chi connectivity index (χ1n) is 8.83. The van der Waals surface area contributed by atoms with Gasteiger partial charge in [-0.2, -0.15) is 0 Å². The lowest BCUT2D eigenvalue weighted by Gasteiger charge is -2.19. The van der Waals surface area contributed by atoms with E-state index < -0.39 is 5.97 Å². The second-order valence-corrected chi connectivity index (χ2v) is 5.93. The number of hydrogen-bond donors (Lipinski definition) is 1. The van der Waals surface area contributed by atoms with Crippen molar-refractivity contribution in [3.8, 4) is 11.5 Å². The van der Waals surface area contributed by atoms with Gasteiger partial charge in [0.1, 0.15) is 17.1 Å². The van der Waals surface area contributed by atoms with E-state index in [9.17, 15) is 9.59 Å². The lowest BCUT2D eigenvalue weighted by molar-refractivity contribution is -0.125. The average Bonchev–Trinajstić information content (AvgIpc) is 2.71. The van der Waals surface area contributed by atoms with Crippen LogP contribution in [-0.4, -0.2) is 32.7 Å². The predicted molar refractivity (Wildman–Crippen MR) is 102 cm³/mol. The van der Waals surface area contributed by atoms with Crippen molar-refractivity contribution in [3.05, 3.63) is 59.7 Å². The molecular formula is C21H25NO5. The average molecular weight is 371 g/mol. The molecule has 0 bridgehead atoms. The molecule has 0 aliphatic carbocycles. The molecule has 2 aromatic rings.